The number of ketones is 2. The zero-order valence-electron chi connectivity index (χ0n) is 40.9. The molecule has 340 valence electrons. The van der Waals surface area contributed by atoms with E-state index < -0.39 is 17.9 Å². The van der Waals surface area contributed by atoms with Crippen molar-refractivity contribution in [2.75, 3.05) is 0 Å². The van der Waals surface area contributed by atoms with Gasteiger partial charge in [0.2, 0.25) is 0 Å². The first-order valence-electron chi connectivity index (χ1n) is 22.3. The average Bonchev–Trinajstić information content (AvgIpc) is 3.78. The van der Waals surface area contributed by atoms with Crippen molar-refractivity contribution in [3.63, 3.8) is 0 Å². The van der Waals surface area contributed by atoms with Crippen molar-refractivity contribution in [1.82, 2.24) is 0 Å². The molecule has 0 radical (unpaired) electrons. The maximum absolute atomic E-state index is 12.6. The molecule has 6 aromatic rings. The highest BCUT2D eigenvalue weighted by Crippen LogP contribution is 2.44. The van der Waals surface area contributed by atoms with Crippen molar-refractivity contribution in [1.29, 1.82) is 0 Å². The molecule has 8 rings (SSSR count). The lowest BCUT2D eigenvalue weighted by Gasteiger charge is -2.16. The van der Waals surface area contributed by atoms with Crippen LogP contribution in [-0.2, 0) is 0 Å². The second-order valence-electron chi connectivity index (χ2n) is 15.3. The molecule has 6 aromatic carbocycles. The van der Waals surface area contributed by atoms with Gasteiger partial charge in [0.25, 0.3) is 0 Å². The molecule has 0 aromatic heterocycles. The summed E-state index contributed by atoms with van der Waals surface area (Å²) in [4.78, 5) is 59.2. The summed E-state index contributed by atoms with van der Waals surface area (Å²) in [6.07, 6.45) is 0. The van der Waals surface area contributed by atoms with E-state index in [1.165, 1.54) is 16.7 Å². The average molecular weight is 877 g/mol. The lowest BCUT2D eigenvalue weighted by molar-refractivity contribution is 0.0684. The van der Waals surface area contributed by atoms with Gasteiger partial charge in [0.15, 0.2) is 11.6 Å². The Kier molecular flexibility index (Phi) is 17.8. The van der Waals surface area contributed by atoms with Crippen LogP contribution in [0.1, 0.15) is 160 Å². The van der Waals surface area contributed by atoms with Crippen LogP contribution in [0, 0.1) is 69.2 Å². The lowest BCUT2D eigenvalue weighted by Crippen LogP contribution is -2.10. The number of hydrogen-bond acceptors (Lipinski definition) is 5. The number of fused-ring (bicyclic) bond motifs is 6. The SMILES string of the molecule is CC.CC.CC.Cc1c(C)c(C)c2c(c1C)C(=O)c1ccccc1-2.Cc1c(C)c2c(c(C)c1C(=O)O)C(=O)c1ccccc1-2.Cc1cc(-c2ccccc2C(=O)O)c(C)c(C)c1C(=O)O. The van der Waals surface area contributed by atoms with Gasteiger partial charge in [-0.05, 0) is 164 Å². The van der Waals surface area contributed by atoms with Gasteiger partial charge < -0.3 is 15.3 Å². The zero-order valence-corrected chi connectivity index (χ0v) is 40.9. The Morgan fingerprint density at radius 3 is 1.09 bits per heavy atom. The summed E-state index contributed by atoms with van der Waals surface area (Å²) in [7, 11) is 0. The minimum absolute atomic E-state index is 0.0706. The second kappa shape index (κ2) is 22.1. The smallest absolute Gasteiger partial charge is 0.336 e. The van der Waals surface area contributed by atoms with Crippen molar-refractivity contribution in [3.05, 3.63) is 173 Å². The molecule has 2 aliphatic carbocycles. The molecule has 0 aliphatic heterocycles. The van der Waals surface area contributed by atoms with Crippen molar-refractivity contribution in [3.8, 4) is 33.4 Å². The standard InChI is InChI=1S/C17H16O4.C17H14O3.C17H16O.3C2H6/c1-9-8-14(10(2)11(3)15(9)17(20)21)12-6-4-5-7-13(12)16(18)19;1-8-9(2)14-11-6-4-5-7-12(11)16(18)15(14)10(3)13(8)17(19)20;1-9-10(2)12(4)16-15(11(9)3)13-7-5-6-8-14(13)17(16)18;3*1-2/h4-8H,1-3H3,(H,18,19)(H,20,21);4-7H,1-3H3,(H,19,20);5-8H,1-4H3;3*1-2H3. The minimum Gasteiger partial charge on any atom is -0.478 e. The Bertz CT molecular complexity index is 2840. The van der Waals surface area contributed by atoms with Crippen LogP contribution in [0.15, 0.2) is 78.9 Å². The third-order valence-electron chi connectivity index (χ3n) is 12.3. The van der Waals surface area contributed by atoms with Gasteiger partial charge in [-0.2, -0.15) is 0 Å². The number of aromatic carboxylic acids is 3. The van der Waals surface area contributed by atoms with Crippen LogP contribution in [-0.4, -0.2) is 44.8 Å². The fraction of sp³-hybridized carbons (Fsp3) is 0.281. The number of rotatable bonds is 4. The molecular weight excluding hydrogens is 813 g/mol. The van der Waals surface area contributed by atoms with Crippen molar-refractivity contribution in [2.24, 2.45) is 0 Å². The van der Waals surface area contributed by atoms with Crippen LogP contribution in [0.5, 0.6) is 0 Å². The summed E-state index contributed by atoms with van der Waals surface area (Å²) in [5.74, 6) is -2.83. The van der Waals surface area contributed by atoms with E-state index in [-0.39, 0.29) is 28.3 Å². The Morgan fingerprint density at radius 1 is 0.338 bits per heavy atom. The van der Waals surface area contributed by atoms with Crippen molar-refractivity contribution in [2.45, 2.75) is 111 Å². The van der Waals surface area contributed by atoms with E-state index >= 15 is 0 Å². The zero-order chi connectivity index (χ0) is 49.4. The van der Waals surface area contributed by atoms with Gasteiger partial charge in [-0.3, -0.25) is 9.59 Å². The summed E-state index contributed by atoms with van der Waals surface area (Å²) >= 11 is 0. The lowest BCUT2D eigenvalue weighted by atomic mass is 9.88. The highest BCUT2D eigenvalue weighted by Gasteiger charge is 2.34. The van der Waals surface area contributed by atoms with E-state index in [4.69, 9.17) is 0 Å². The summed E-state index contributed by atoms with van der Waals surface area (Å²) in [5.41, 5.74) is 18.3. The largest absolute Gasteiger partial charge is 0.478 e. The summed E-state index contributed by atoms with van der Waals surface area (Å²) in [5, 5.41) is 28.0. The first-order chi connectivity index (χ1) is 30.8. The molecule has 0 unspecified atom stereocenters. The van der Waals surface area contributed by atoms with Crippen LogP contribution < -0.4 is 0 Å². The van der Waals surface area contributed by atoms with Gasteiger partial charge in [-0.15, -0.1) is 0 Å². The number of aryl methyl sites for hydroxylation is 1. The van der Waals surface area contributed by atoms with E-state index in [0.29, 0.717) is 33.4 Å². The van der Waals surface area contributed by atoms with Gasteiger partial charge >= 0.3 is 17.9 Å². The van der Waals surface area contributed by atoms with E-state index in [2.05, 4.69) is 33.8 Å². The van der Waals surface area contributed by atoms with Crippen LogP contribution >= 0.6 is 0 Å². The quantitative estimate of drug-likeness (QED) is 0.158. The molecule has 0 fully saturated rings. The Balaban J connectivity index is 0.000000245. The van der Waals surface area contributed by atoms with Crippen molar-refractivity contribution >= 4 is 29.5 Å². The molecule has 0 spiro atoms. The molecule has 0 amide bonds. The van der Waals surface area contributed by atoms with Gasteiger partial charge in [-0.1, -0.05) is 114 Å². The Morgan fingerprint density at radius 2 is 0.677 bits per heavy atom. The summed E-state index contributed by atoms with van der Waals surface area (Å²) in [6, 6.07) is 23.9. The fourth-order valence-corrected chi connectivity index (χ4v) is 8.69. The summed E-state index contributed by atoms with van der Waals surface area (Å²) in [6.45, 7) is 31.1. The number of benzene rings is 6. The minimum atomic E-state index is -0.998. The normalized spacial score (nSPS) is 10.9. The number of carbonyl (C=O) groups excluding carboxylic acids is 2. The van der Waals surface area contributed by atoms with Gasteiger partial charge in [-0.25, -0.2) is 14.4 Å². The molecule has 0 saturated carbocycles. The van der Waals surface area contributed by atoms with Crippen LogP contribution in [0.3, 0.4) is 0 Å². The van der Waals surface area contributed by atoms with E-state index in [1.54, 1.807) is 64.1 Å². The molecule has 8 nitrogen and oxygen atoms in total. The maximum atomic E-state index is 12.6. The predicted octanol–water partition coefficient (Wildman–Crippen LogP) is 14.4. The third-order valence-corrected chi connectivity index (χ3v) is 12.3. The second-order valence-corrected chi connectivity index (χ2v) is 15.3. The molecule has 0 heterocycles. The van der Waals surface area contributed by atoms with E-state index in [9.17, 15) is 39.3 Å². The van der Waals surface area contributed by atoms with Crippen molar-refractivity contribution < 1.29 is 39.3 Å². The molecule has 3 N–H and O–H groups in total. The molecule has 2 aliphatic rings. The number of carboxylic acids is 3. The predicted molar refractivity (Wildman–Crippen MR) is 265 cm³/mol. The first kappa shape index (κ1) is 52.4. The molecule has 0 atom stereocenters. The monoisotopic (exact) mass is 876 g/mol. The highest BCUT2D eigenvalue weighted by molar-refractivity contribution is 6.24. The molecule has 65 heavy (non-hydrogen) atoms. The molecule has 0 saturated heterocycles. The van der Waals surface area contributed by atoms with Gasteiger partial charge in [0.05, 0.1) is 16.7 Å². The van der Waals surface area contributed by atoms with E-state index in [1.807, 2.05) is 91.8 Å². The number of carbonyl (C=O) groups is 5. The topological polar surface area (TPSA) is 146 Å². The van der Waals surface area contributed by atoms with Crippen LogP contribution in [0.4, 0.5) is 0 Å². The molecule has 0 bridgehead atoms. The van der Waals surface area contributed by atoms with Crippen LogP contribution in [0.25, 0.3) is 33.4 Å². The molecule has 8 heteroatoms. The van der Waals surface area contributed by atoms with E-state index in [0.717, 1.165) is 61.2 Å². The van der Waals surface area contributed by atoms with Crippen LogP contribution in [0.2, 0.25) is 0 Å². The summed E-state index contributed by atoms with van der Waals surface area (Å²) < 4.78 is 0. The Hall–Kier alpha value is -6.93. The fourth-order valence-electron chi connectivity index (χ4n) is 8.69. The maximum Gasteiger partial charge on any atom is 0.336 e. The highest BCUT2D eigenvalue weighted by atomic mass is 16.4. The molecular formula is C57H64O8. The van der Waals surface area contributed by atoms with Gasteiger partial charge in [0, 0.05) is 22.3 Å². The third kappa shape index (κ3) is 9.63. The first-order valence-corrected chi connectivity index (χ1v) is 22.3. The number of hydrogen-bond donors (Lipinski definition) is 3. The Labute approximate surface area is 385 Å². The van der Waals surface area contributed by atoms with Gasteiger partial charge in [0.1, 0.15) is 0 Å². The number of carboxylic acid groups (broad SMARTS) is 3.